The summed E-state index contributed by atoms with van der Waals surface area (Å²) in [4.78, 5) is 0. The van der Waals surface area contributed by atoms with Gasteiger partial charge in [-0.05, 0) is 93.8 Å². The number of fused-ring (bicyclic) bond motifs is 5. The quantitative estimate of drug-likeness (QED) is 0.687. The van der Waals surface area contributed by atoms with Gasteiger partial charge in [0.05, 0.1) is 17.8 Å². The predicted molar refractivity (Wildman–Crippen MR) is 94.4 cm³/mol. The third kappa shape index (κ3) is 2.07. The van der Waals surface area contributed by atoms with Gasteiger partial charge < -0.3 is 15.3 Å². The molecule has 4 aliphatic rings. The molecule has 0 aromatic rings. The van der Waals surface area contributed by atoms with Crippen molar-refractivity contribution in [3.05, 3.63) is 0 Å². The Balaban J connectivity index is 1.63. The molecule has 0 bridgehead atoms. The molecule has 24 heavy (non-hydrogen) atoms. The summed E-state index contributed by atoms with van der Waals surface area (Å²) in [5.41, 5.74) is -0.641. The highest BCUT2D eigenvalue weighted by atomic mass is 16.3. The van der Waals surface area contributed by atoms with E-state index in [-0.39, 0.29) is 11.5 Å². The SMILES string of the molecule is C[C@H](O)[C@]1(O)CC[C@@H]2[C@H]3CC[C@H]4C[C@@H](O)CC[C@]4(C)[C@@H]3CC[C@]21C. The highest BCUT2D eigenvalue weighted by Crippen LogP contribution is 2.68. The zero-order valence-corrected chi connectivity index (χ0v) is 15.7. The van der Waals surface area contributed by atoms with Crippen LogP contribution in [0, 0.1) is 34.5 Å². The van der Waals surface area contributed by atoms with Crippen LogP contribution in [0.1, 0.15) is 78.6 Å². The van der Waals surface area contributed by atoms with Crippen LogP contribution in [0.2, 0.25) is 0 Å². The van der Waals surface area contributed by atoms with Gasteiger partial charge >= 0.3 is 0 Å². The van der Waals surface area contributed by atoms with Gasteiger partial charge in [0.2, 0.25) is 0 Å². The maximum Gasteiger partial charge on any atom is 0.0958 e. The lowest BCUT2D eigenvalue weighted by Crippen LogP contribution is -2.59. The summed E-state index contributed by atoms with van der Waals surface area (Å²) < 4.78 is 0. The van der Waals surface area contributed by atoms with Crippen molar-refractivity contribution < 1.29 is 15.3 Å². The molecular weight excluding hydrogens is 300 g/mol. The smallest absolute Gasteiger partial charge is 0.0958 e. The van der Waals surface area contributed by atoms with Gasteiger partial charge in [-0.25, -0.2) is 0 Å². The molecule has 0 radical (unpaired) electrons. The first-order valence-corrected chi connectivity index (χ1v) is 10.3. The van der Waals surface area contributed by atoms with Gasteiger partial charge in [0.15, 0.2) is 0 Å². The Morgan fingerprint density at radius 1 is 0.917 bits per heavy atom. The number of aliphatic hydroxyl groups is 3. The molecule has 4 rings (SSSR count). The fourth-order valence-corrected chi connectivity index (χ4v) is 7.97. The first kappa shape index (κ1) is 17.3. The third-order valence-corrected chi connectivity index (χ3v) is 9.54. The van der Waals surface area contributed by atoms with E-state index in [1.165, 1.54) is 25.7 Å². The van der Waals surface area contributed by atoms with Crippen LogP contribution in [0.5, 0.6) is 0 Å². The van der Waals surface area contributed by atoms with Crippen LogP contribution < -0.4 is 0 Å². The van der Waals surface area contributed by atoms with E-state index in [1.807, 2.05) is 0 Å². The highest BCUT2D eigenvalue weighted by molar-refractivity contribution is 5.15. The summed E-state index contributed by atoms with van der Waals surface area (Å²) in [7, 11) is 0. The minimum Gasteiger partial charge on any atom is -0.393 e. The summed E-state index contributed by atoms with van der Waals surface area (Å²) in [6.45, 7) is 6.53. The summed E-state index contributed by atoms with van der Waals surface area (Å²) >= 11 is 0. The van der Waals surface area contributed by atoms with E-state index in [9.17, 15) is 15.3 Å². The fourth-order valence-electron chi connectivity index (χ4n) is 7.97. The molecule has 3 N–H and O–H groups in total. The zero-order chi connectivity index (χ0) is 17.3. The largest absolute Gasteiger partial charge is 0.393 e. The monoisotopic (exact) mass is 336 g/mol. The van der Waals surface area contributed by atoms with E-state index in [0.717, 1.165) is 38.0 Å². The van der Waals surface area contributed by atoms with Gasteiger partial charge in [-0.15, -0.1) is 0 Å². The van der Waals surface area contributed by atoms with Crippen molar-refractivity contribution in [2.75, 3.05) is 0 Å². The first-order chi connectivity index (χ1) is 11.2. The van der Waals surface area contributed by atoms with Crippen molar-refractivity contribution in [1.29, 1.82) is 0 Å². The maximum absolute atomic E-state index is 11.3. The lowest BCUT2D eigenvalue weighted by atomic mass is 9.44. The van der Waals surface area contributed by atoms with Gasteiger partial charge in [-0.2, -0.15) is 0 Å². The second-order valence-corrected chi connectivity index (χ2v) is 10.2. The van der Waals surface area contributed by atoms with Crippen molar-refractivity contribution in [2.45, 2.75) is 96.4 Å². The molecular formula is C21H36O3. The fraction of sp³-hybridized carbons (Fsp3) is 1.00. The van der Waals surface area contributed by atoms with Crippen molar-refractivity contribution in [2.24, 2.45) is 34.5 Å². The lowest BCUT2D eigenvalue weighted by Gasteiger charge is -2.61. The molecule has 4 saturated carbocycles. The van der Waals surface area contributed by atoms with Crippen molar-refractivity contribution >= 4 is 0 Å². The number of hydrogen-bond acceptors (Lipinski definition) is 3. The van der Waals surface area contributed by atoms with Crippen LogP contribution in [0.15, 0.2) is 0 Å². The standard InChI is InChI=1S/C21H36O3/c1-13(22)21(24)11-8-18-16-5-4-14-12-15(23)6-9-19(14,2)17(16)7-10-20(18,21)3/h13-18,22-24H,4-12H2,1-3H3/t13-,14-,15-,16-,17+,18+,19-,20+,21+/m0/s1. The maximum atomic E-state index is 11.3. The molecule has 4 aliphatic carbocycles. The molecule has 0 aromatic carbocycles. The van der Waals surface area contributed by atoms with Crippen molar-refractivity contribution in [1.82, 2.24) is 0 Å². The summed E-state index contributed by atoms with van der Waals surface area (Å²) in [5.74, 6) is 2.69. The average molecular weight is 337 g/mol. The molecule has 3 nitrogen and oxygen atoms in total. The van der Waals surface area contributed by atoms with E-state index in [2.05, 4.69) is 13.8 Å². The van der Waals surface area contributed by atoms with Gasteiger partial charge in [-0.1, -0.05) is 13.8 Å². The van der Waals surface area contributed by atoms with E-state index < -0.39 is 11.7 Å². The minimum atomic E-state index is -0.900. The Hall–Kier alpha value is -0.120. The molecule has 0 saturated heterocycles. The molecule has 0 unspecified atom stereocenters. The number of hydrogen-bond donors (Lipinski definition) is 3. The van der Waals surface area contributed by atoms with Gasteiger partial charge in [0.25, 0.3) is 0 Å². The highest BCUT2D eigenvalue weighted by Gasteiger charge is 2.65. The molecule has 3 heteroatoms. The average Bonchev–Trinajstić information content (AvgIpc) is 2.81. The number of rotatable bonds is 1. The Morgan fingerprint density at radius 2 is 1.62 bits per heavy atom. The van der Waals surface area contributed by atoms with Crippen LogP contribution in [0.3, 0.4) is 0 Å². The summed E-state index contributed by atoms with van der Waals surface area (Å²) in [5, 5.41) is 31.7. The molecule has 0 amide bonds. The minimum absolute atomic E-state index is 0.0831. The molecule has 0 aliphatic heterocycles. The van der Waals surface area contributed by atoms with Crippen LogP contribution in [0.4, 0.5) is 0 Å². The Morgan fingerprint density at radius 3 is 2.33 bits per heavy atom. The lowest BCUT2D eigenvalue weighted by molar-refractivity contribution is -0.186. The molecule has 0 aromatic heterocycles. The van der Waals surface area contributed by atoms with Crippen LogP contribution in [0.25, 0.3) is 0 Å². The molecule has 0 spiro atoms. The van der Waals surface area contributed by atoms with E-state index in [0.29, 0.717) is 23.2 Å². The van der Waals surface area contributed by atoms with Gasteiger partial charge in [-0.3, -0.25) is 0 Å². The topological polar surface area (TPSA) is 60.7 Å². The zero-order valence-electron chi connectivity index (χ0n) is 15.7. The van der Waals surface area contributed by atoms with Gasteiger partial charge in [0, 0.05) is 5.41 Å². The van der Waals surface area contributed by atoms with E-state index in [1.54, 1.807) is 6.92 Å². The van der Waals surface area contributed by atoms with E-state index in [4.69, 9.17) is 0 Å². The molecule has 0 heterocycles. The Bertz CT molecular complexity index is 505. The summed E-state index contributed by atoms with van der Waals surface area (Å²) in [6.07, 6.45) is 8.99. The normalized spacial score (nSPS) is 58.5. The Kier molecular flexibility index (Phi) is 3.92. The molecule has 4 fully saturated rings. The number of aliphatic hydroxyl groups excluding tert-OH is 2. The molecule has 138 valence electrons. The second-order valence-electron chi connectivity index (χ2n) is 10.2. The van der Waals surface area contributed by atoms with Crippen LogP contribution in [-0.2, 0) is 0 Å². The first-order valence-electron chi connectivity index (χ1n) is 10.3. The van der Waals surface area contributed by atoms with Crippen LogP contribution >= 0.6 is 0 Å². The van der Waals surface area contributed by atoms with E-state index >= 15 is 0 Å². The summed E-state index contributed by atoms with van der Waals surface area (Å²) in [6, 6.07) is 0. The predicted octanol–water partition coefficient (Wildman–Crippen LogP) is 3.50. The van der Waals surface area contributed by atoms with Crippen molar-refractivity contribution in [3.8, 4) is 0 Å². The third-order valence-electron chi connectivity index (χ3n) is 9.54. The van der Waals surface area contributed by atoms with Crippen molar-refractivity contribution in [3.63, 3.8) is 0 Å². The van der Waals surface area contributed by atoms with Gasteiger partial charge in [0.1, 0.15) is 0 Å². The Labute approximate surface area is 146 Å². The van der Waals surface area contributed by atoms with Crippen LogP contribution in [-0.4, -0.2) is 33.1 Å². The second kappa shape index (κ2) is 5.44. The molecule has 9 atom stereocenters.